The SMILES string of the molecule is CCC/C=C\[C@H](C[C@H](CC(OC)OC)O[Si](C)(C)C(C)(C)C)OCc1ccccc1. The third-order valence-corrected chi connectivity index (χ3v) is 10.4. The second kappa shape index (κ2) is 13.4. The Labute approximate surface area is 186 Å². The zero-order chi connectivity index (χ0) is 22.6. The molecule has 0 spiro atoms. The van der Waals surface area contributed by atoms with Crippen LogP contribution in [0.4, 0.5) is 0 Å². The average molecular weight is 437 g/mol. The van der Waals surface area contributed by atoms with Gasteiger partial charge in [-0.15, -0.1) is 0 Å². The van der Waals surface area contributed by atoms with Gasteiger partial charge in [-0.25, -0.2) is 0 Å². The van der Waals surface area contributed by atoms with Crippen molar-refractivity contribution in [3.63, 3.8) is 0 Å². The summed E-state index contributed by atoms with van der Waals surface area (Å²) in [5.74, 6) is 0. The molecule has 0 aliphatic heterocycles. The van der Waals surface area contributed by atoms with E-state index in [1.54, 1.807) is 14.2 Å². The minimum absolute atomic E-state index is 0.00263. The van der Waals surface area contributed by atoms with Crippen molar-refractivity contribution >= 4 is 8.32 Å². The van der Waals surface area contributed by atoms with Gasteiger partial charge < -0.3 is 18.6 Å². The second-order valence-corrected chi connectivity index (χ2v) is 14.2. The van der Waals surface area contributed by atoms with Crippen molar-refractivity contribution in [1.29, 1.82) is 0 Å². The number of methoxy groups -OCH3 is 2. The molecule has 0 aliphatic rings. The fourth-order valence-corrected chi connectivity index (χ4v) is 4.32. The standard InChI is InChI=1S/C25H44O4Si/c1-9-10-12-17-22(28-20-21-15-13-11-14-16-21)18-23(19-24(26-5)27-6)29-30(7,8)25(2,3)4/h11-17,22-24H,9-10,18-20H2,1-8H3/b17-12-/t22-,23-/m1/s1. The van der Waals surface area contributed by atoms with Gasteiger partial charge in [0.1, 0.15) is 0 Å². The van der Waals surface area contributed by atoms with Crippen molar-refractivity contribution in [2.45, 2.75) is 96.6 Å². The van der Waals surface area contributed by atoms with E-state index in [2.05, 4.69) is 65.1 Å². The van der Waals surface area contributed by atoms with E-state index in [0.29, 0.717) is 13.0 Å². The van der Waals surface area contributed by atoms with Gasteiger partial charge in [0.25, 0.3) is 0 Å². The minimum Gasteiger partial charge on any atom is -0.414 e. The van der Waals surface area contributed by atoms with Gasteiger partial charge in [-0.05, 0) is 30.1 Å². The Bertz CT molecular complexity index is 591. The first-order valence-corrected chi connectivity index (χ1v) is 14.1. The van der Waals surface area contributed by atoms with E-state index in [0.717, 1.165) is 19.3 Å². The summed E-state index contributed by atoms with van der Waals surface area (Å²) in [5.41, 5.74) is 1.18. The number of hydrogen-bond donors (Lipinski definition) is 0. The van der Waals surface area contributed by atoms with Crippen molar-refractivity contribution < 1.29 is 18.6 Å². The lowest BCUT2D eigenvalue weighted by molar-refractivity contribution is -0.124. The topological polar surface area (TPSA) is 36.9 Å². The number of allylic oxidation sites excluding steroid dienone is 1. The Morgan fingerprint density at radius 2 is 1.63 bits per heavy atom. The van der Waals surface area contributed by atoms with Crippen LogP contribution in [0, 0.1) is 0 Å². The molecule has 0 radical (unpaired) electrons. The van der Waals surface area contributed by atoms with E-state index in [-0.39, 0.29) is 23.5 Å². The molecule has 0 saturated heterocycles. The van der Waals surface area contributed by atoms with Crippen LogP contribution in [0.2, 0.25) is 18.1 Å². The molecule has 30 heavy (non-hydrogen) atoms. The van der Waals surface area contributed by atoms with Gasteiger partial charge in [-0.2, -0.15) is 0 Å². The minimum atomic E-state index is -1.94. The Morgan fingerprint density at radius 3 is 2.17 bits per heavy atom. The molecule has 172 valence electrons. The number of rotatable bonds is 14. The Balaban J connectivity index is 2.96. The maximum atomic E-state index is 6.79. The highest BCUT2D eigenvalue weighted by molar-refractivity contribution is 6.74. The monoisotopic (exact) mass is 436 g/mol. The first-order valence-electron chi connectivity index (χ1n) is 11.2. The van der Waals surface area contributed by atoms with Gasteiger partial charge >= 0.3 is 0 Å². The first kappa shape index (κ1) is 27.1. The predicted molar refractivity (Wildman–Crippen MR) is 128 cm³/mol. The molecule has 1 aromatic carbocycles. The lowest BCUT2D eigenvalue weighted by atomic mass is 10.1. The van der Waals surface area contributed by atoms with Crippen LogP contribution in [-0.2, 0) is 25.2 Å². The smallest absolute Gasteiger partial charge is 0.192 e. The summed E-state index contributed by atoms with van der Waals surface area (Å²) in [5, 5.41) is 0.138. The maximum Gasteiger partial charge on any atom is 0.192 e. The van der Waals surface area contributed by atoms with Crippen LogP contribution in [0.1, 0.15) is 58.9 Å². The largest absolute Gasteiger partial charge is 0.414 e. The molecular weight excluding hydrogens is 392 g/mol. The van der Waals surface area contributed by atoms with Crippen LogP contribution < -0.4 is 0 Å². The Kier molecular flexibility index (Phi) is 12.1. The summed E-state index contributed by atoms with van der Waals surface area (Å²) in [6, 6.07) is 10.3. The molecule has 0 saturated carbocycles. The highest BCUT2D eigenvalue weighted by Crippen LogP contribution is 2.38. The lowest BCUT2D eigenvalue weighted by Crippen LogP contribution is -2.45. The number of unbranched alkanes of at least 4 members (excludes halogenated alkanes) is 1. The third-order valence-electron chi connectivity index (χ3n) is 5.86. The molecule has 0 amide bonds. The summed E-state index contributed by atoms with van der Waals surface area (Å²) < 4.78 is 24.1. The second-order valence-electron chi connectivity index (χ2n) is 9.42. The van der Waals surface area contributed by atoms with E-state index in [1.165, 1.54) is 5.56 Å². The molecule has 0 N–H and O–H groups in total. The van der Waals surface area contributed by atoms with Crippen LogP contribution in [-0.4, -0.2) is 41.0 Å². The first-order chi connectivity index (χ1) is 14.1. The summed E-state index contributed by atoms with van der Waals surface area (Å²) in [6.45, 7) is 14.2. The van der Waals surface area contributed by atoms with Crippen LogP contribution in [0.25, 0.3) is 0 Å². The summed E-state index contributed by atoms with van der Waals surface area (Å²) in [7, 11) is 1.42. The van der Waals surface area contributed by atoms with Crippen LogP contribution in [0.3, 0.4) is 0 Å². The van der Waals surface area contributed by atoms with Gasteiger partial charge in [-0.3, -0.25) is 0 Å². The van der Waals surface area contributed by atoms with Crippen LogP contribution in [0.5, 0.6) is 0 Å². The Hall–Kier alpha value is -0.983. The van der Waals surface area contributed by atoms with Crippen molar-refractivity contribution in [3.05, 3.63) is 48.0 Å². The lowest BCUT2D eigenvalue weighted by Gasteiger charge is -2.40. The molecule has 0 fully saturated rings. The maximum absolute atomic E-state index is 6.79. The van der Waals surface area contributed by atoms with E-state index in [1.807, 2.05) is 18.2 Å². The van der Waals surface area contributed by atoms with Crippen molar-refractivity contribution in [2.75, 3.05) is 14.2 Å². The summed E-state index contributed by atoms with van der Waals surface area (Å²) >= 11 is 0. The number of ether oxygens (including phenoxy) is 3. The fourth-order valence-electron chi connectivity index (χ4n) is 2.94. The van der Waals surface area contributed by atoms with Crippen molar-refractivity contribution in [3.8, 4) is 0 Å². The number of benzene rings is 1. The van der Waals surface area contributed by atoms with Gasteiger partial charge in [0, 0.05) is 27.1 Å². The molecule has 0 aliphatic carbocycles. The molecule has 0 aromatic heterocycles. The van der Waals surface area contributed by atoms with Gasteiger partial charge in [-0.1, -0.05) is 76.6 Å². The van der Waals surface area contributed by atoms with Crippen LogP contribution in [0.15, 0.2) is 42.5 Å². The van der Waals surface area contributed by atoms with Crippen molar-refractivity contribution in [2.24, 2.45) is 0 Å². The van der Waals surface area contributed by atoms with E-state index in [4.69, 9.17) is 18.6 Å². The summed E-state index contributed by atoms with van der Waals surface area (Å²) in [6.07, 6.45) is 7.78. The normalized spacial score (nSPS) is 15.1. The van der Waals surface area contributed by atoms with Gasteiger partial charge in [0.2, 0.25) is 0 Å². The molecular formula is C25H44O4Si. The molecule has 0 bridgehead atoms. The highest BCUT2D eigenvalue weighted by Gasteiger charge is 2.40. The predicted octanol–water partition coefficient (Wildman–Crippen LogP) is 6.72. The highest BCUT2D eigenvalue weighted by atomic mass is 28.4. The van der Waals surface area contributed by atoms with Gasteiger partial charge in [0.15, 0.2) is 14.6 Å². The van der Waals surface area contributed by atoms with E-state index < -0.39 is 8.32 Å². The van der Waals surface area contributed by atoms with E-state index >= 15 is 0 Å². The molecule has 0 heterocycles. The molecule has 1 rings (SSSR count). The number of hydrogen-bond acceptors (Lipinski definition) is 4. The quantitative estimate of drug-likeness (QED) is 0.184. The molecule has 4 nitrogen and oxygen atoms in total. The Morgan fingerprint density at radius 1 is 1.00 bits per heavy atom. The summed E-state index contributed by atoms with van der Waals surface area (Å²) in [4.78, 5) is 0. The molecule has 1 aromatic rings. The molecule has 2 atom stereocenters. The molecule has 5 heteroatoms. The third kappa shape index (κ3) is 9.88. The average Bonchev–Trinajstić information content (AvgIpc) is 2.69. The fraction of sp³-hybridized carbons (Fsp3) is 0.680. The zero-order valence-corrected chi connectivity index (χ0v) is 21.4. The van der Waals surface area contributed by atoms with Crippen LogP contribution >= 0.6 is 0 Å². The zero-order valence-electron chi connectivity index (χ0n) is 20.4. The molecule has 0 unspecified atom stereocenters. The van der Waals surface area contributed by atoms with Gasteiger partial charge in [0.05, 0.1) is 18.8 Å². The van der Waals surface area contributed by atoms with Crippen molar-refractivity contribution in [1.82, 2.24) is 0 Å². The van der Waals surface area contributed by atoms with E-state index in [9.17, 15) is 0 Å².